The second kappa shape index (κ2) is 5.67. The fourth-order valence-corrected chi connectivity index (χ4v) is 2.16. The summed E-state index contributed by atoms with van der Waals surface area (Å²) in [7, 11) is 0. The van der Waals surface area contributed by atoms with Crippen molar-refractivity contribution in [1.82, 2.24) is 0 Å². The number of hydrazone groups is 1. The number of nitrogens with one attached hydrogen (secondary N) is 1. The molecule has 0 heterocycles. The summed E-state index contributed by atoms with van der Waals surface area (Å²) < 4.78 is 0. The van der Waals surface area contributed by atoms with Crippen molar-refractivity contribution in [2.24, 2.45) is 11.0 Å². The first-order chi connectivity index (χ1) is 8.66. The maximum atomic E-state index is 10.7. The van der Waals surface area contributed by atoms with E-state index >= 15 is 0 Å². The number of carboxylic acids is 1. The summed E-state index contributed by atoms with van der Waals surface area (Å²) in [5, 5.41) is 13.2. The van der Waals surface area contributed by atoms with Crippen LogP contribution in [0.1, 0.15) is 43.0 Å². The topological polar surface area (TPSA) is 61.7 Å². The van der Waals surface area contributed by atoms with Crippen LogP contribution in [0, 0.1) is 5.92 Å². The molecule has 1 aromatic carbocycles. The van der Waals surface area contributed by atoms with Crippen LogP contribution in [0.3, 0.4) is 0 Å². The fraction of sp³-hybridized carbons (Fsp3) is 0.429. The molecule has 1 fully saturated rings. The van der Waals surface area contributed by atoms with Gasteiger partial charge in [-0.15, -0.1) is 0 Å². The van der Waals surface area contributed by atoms with Gasteiger partial charge in [0.15, 0.2) is 0 Å². The van der Waals surface area contributed by atoms with Gasteiger partial charge in [0.05, 0.1) is 11.3 Å². The number of carboxylic acid groups (broad SMARTS) is 1. The molecule has 0 radical (unpaired) electrons. The highest BCUT2D eigenvalue weighted by atomic mass is 16.4. The number of nitrogens with zero attached hydrogens (tertiary/aromatic N) is 1. The smallest absolute Gasteiger partial charge is 0.335 e. The Morgan fingerprint density at radius 3 is 2.67 bits per heavy atom. The highest BCUT2D eigenvalue weighted by Crippen LogP contribution is 2.21. The van der Waals surface area contributed by atoms with Crippen LogP contribution in [0.2, 0.25) is 0 Å². The monoisotopic (exact) mass is 246 g/mol. The average molecular weight is 246 g/mol. The first kappa shape index (κ1) is 12.6. The Kier molecular flexibility index (Phi) is 3.97. The molecule has 0 spiro atoms. The Labute approximate surface area is 107 Å². The zero-order valence-corrected chi connectivity index (χ0v) is 10.5. The molecule has 1 aliphatic rings. The Morgan fingerprint density at radius 2 is 2.06 bits per heavy atom. The molecule has 96 valence electrons. The van der Waals surface area contributed by atoms with Crippen LogP contribution in [0.15, 0.2) is 29.4 Å². The van der Waals surface area contributed by atoms with Gasteiger partial charge in [-0.25, -0.2) is 4.79 Å². The van der Waals surface area contributed by atoms with Crippen LogP contribution in [0.25, 0.3) is 0 Å². The largest absolute Gasteiger partial charge is 0.478 e. The molecule has 0 unspecified atom stereocenters. The van der Waals surface area contributed by atoms with Gasteiger partial charge in [-0.2, -0.15) is 5.10 Å². The summed E-state index contributed by atoms with van der Waals surface area (Å²) in [4.78, 5) is 10.7. The zero-order chi connectivity index (χ0) is 13.0. The molecule has 0 aliphatic heterocycles. The molecule has 0 amide bonds. The lowest BCUT2D eigenvalue weighted by atomic mass is 9.89. The van der Waals surface area contributed by atoms with E-state index in [1.807, 2.05) is 0 Å². The highest BCUT2D eigenvalue weighted by Gasteiger charge is 2.15. The van der Waals surface area contributed by atoms with Crippen molar-refractivity contribution < 1.29 is 9.90 Å². The molecule has 4 heteroatoms. The number of hydrogen-bond acceptors (Lipinski definition) is 3. The Bertz CT molecular complexity index is 451. The van der Waals surface area contributed by atoms with Crippen molar-refractivity contribution in [3.63, 3.8) is 0 Å². The summed E-state index contributed by atoms with van der Waals surface area (Å²) in [5.74, 6) is -0.363. The number of benzene rings is 1. The molecule has 2 N–H and O–H groups in total. The van der Waals surface area contributed by atoms with Crippen LogP contribution in [-0.2, 0) is 0 Å². The molecule has 1 saturated carbocycles. The molecule has 1 aromatic rings. The van der Waals surface area contributed by atoms with Crippen molar-refractivity contribution in [1.29, 1.82) is 0 Å². The predicted molar refractivity (Wildman–Crippen MR) is 72.1 cm³/mol. The zero-order valence-electron chi connectivity index (χ0n) is 10.5. The summed E-state index contributed by atoms with van der Waals surface area (Å²) in [6.07, 6.45) is 4.76. The number of hydrogen-bond donors (Lipinski definition) is 2. The third-order valence-corrected chi connectivity index (χ3v) is 3.35. The van der Waals surface area contributed by atoms with Gasteiger partial charge in [0.1, 0.15) is 0 Å². The molecule has 4 nitrogen and oxygen atoms in total. The molecule has 1 aliphatic carbocycles. The first-order valence-corrected chi connectivity index (χ1v) is 6.32. The van der Waals surface area contributed by atoms with Crippen LogP contribution >= 0.6 is 0 Å². The van der Waals surface area contributed by atoms with Crippen LogP contribution in [0.4, 0.5) is 5.69 Å². The third-order valence-electron chi connectivity index (χ3n) is 3.35. The predicted octanol–water partition coefficient (Wildman–Crippen LogP) is 3.36. The molecule has 0 bridgehead atoms. The Balaban J connectivity index is 2.01. The molecular formula is C14H18N2O2. The minimum atomic E-state index is -0.909. The van der Waals surface area contributed by atoms with E-state index < -0.39 is 5.97 Å². The van der Waals surface area contributed by atoms with E-state index in [2.05, 4.69) is 17.5 Å². The van der Waals surface area contributed by atoms with Gasteiger partial charge >= 0.3 is 5.97 Å². The van der Waals surface area contributed by atoms with Crippen molar-refractivity contribution in [3.8, 4) is 0 Å². The summed E-state index contributed by atoms with van der Waals surface area (Å²) >= 11 is 0. The number of anilines is 1. The molecule has 0 aromatic heterocycles. The minimum Gasteiger partial charge on any atom is -0.478 e. The van der Waals surface area contributed by atoms with E-state index in [-0.39, 0.29) is 0 Å². The van der Waals surface area contributed by atoms with Crippen LogP contribution < -0.4 is 5.43 Å². The van der Waals surface area contributed by atoms with Gasteiger partial charge in [-0.1, -0.05) is 13.3 Å². The number of carbonyl (C=O) groups is 1. The van der Waals surface area contributed by atoms with Gasteiger partial charge in [-0.3, -0.25) is 5.43 Å². The van der Waals surface area contributed by atoms with E-state index in [1.165, 1.54) is 25.0 Å². The summed E-state index contributed by atoms with van der Waals surface area (Å²) in [5.41, 5.74) is 5.33. The van der Waals surface area contributed by atoms with Crippen molar-refractivity contribution in [3.05, 3.63) is 29.8 Å². The minimum absolute atomic E-state index is 0.291. The normalized spacial score (nSPS) is 21.8. The van der Waals surface area contributed by atoms with Gasteiger partial charge in [0.2, 0.25) is 0 Å². The second-order valence-electron chi connectivity index (χ2n) is 4.74. The van der Waals surface area contributed by atoms with Gasteiger partial charge in [-0.05, 0) is 49.4 Å². The first-order valence-electron chi connectivity index (χ1n) is 6.32. The lowest BCUT2D eigenvalue weighted by molar-refractivity contribution is 0.0697. The van der Waals surface area contributed by atoms with E-state index in [0.29, 0.717) is 11.5 Å². The number of rotatable bonds is 3. The molecule has 1 atom stereocenters. The quantitative estimate of drug-likeness (QED) is 0.804. The standard InChI is InChI=1S/C14H18N2O2/c1-10-4-2-3-5-13(10)16-15-12-8-6-11(7-9-12)14(17)18/h6-10,15H,2-5H2,1H3,(H,17,18)/b16-13-/t10-/m0/s1. The number of aromatic carboxylic acids is 1. The maximum absolute atomic E-state index is 10.7. The average Bonchev–Trinajstić information content (AvgIpc) is 2.38. The van der Waals surface area contributed by atoms with E-state index in [0.717, 1.165) is 12.1 Å². The molecule has 0 saturated heterocycles. The lowest BCUT2D eigenvalue weighted by Gasteiger charge is -2.20. The fourth-order valence-electron chi connectivity index (χ4n) is 2.16. The van der Waals surface area contributed by atoms with Gasteiger partial charge < -0.3 is 5.11 Å². The second-order valence-corrected chi connectivity index (χ2v) is 4.74. The molecule has 18 heavy (non-hydrogen) atoms. The lowest BCUT2D eigenvalue weighted by Crippen LogP contribution is -2.17. The van der Waals surface area contributed by atoms with Crippen molar-refractivity contribution in [2.45, 2.75) is 32.6 Å². The van der Waals surface area contributed by atoms with Crippen molar-refractivity contribution in [2.75, 3.05) is 5.43 Å². The summed E-state index contributed by atoms with van der Waals surface area (Å²) in [6, 6.07) is 6.63. The highest BCUT2D eigenvalue weighted by molar-refractivity contribution is 5.89. The van der Waals surface area contributed by atoms with Crippen molar-refractivity contribution >= 4 is 17.4 Å². The maximum Gasteiger partial charge on any atom is 0.335 e. The van der Waals surface area contributed by atoms with Crippen LogP contribution in [-0.4, -0.2) is 16.8 Å². The molecular weight excluding hydrogens is 228 g/mol. The third kappa shape index (κ3) is 3.09. The van der Waals surface area contributed by atoms with Gasteiger partial charge in [0.25, 0.3) is 0 Å². The van der Waals surface area contributed by atoms with E-state index in [4.69, 9.17) is 5.11 Å². The SMILES string of the molecule is C[C@H]1CCCC/C1=N/Nc1ccc(C(=O)O)cc1. The summed E-state index contributed by atoms with van der Waals surface area (Å²) in [6.45, 7) is 2.20. The van der Waals surface area contributed by atoms with Gasteiger partial charge in [0, 0.05) is 5.71 Å². The molecule has 2 rings (SSSR count). The van der Waals surface area contributed by atoms with E-state index in [9.17, 15) is 4.79 Å². The van der Waals surface area contributed by atoms with E-state index in [1.54, 1.807) is 24.3 Å². The van der Waals surface area contributed by atoms with Crippen LogP contribution in [0.5, 0.6) is 0 Å². The Hall–Kier alpha value is -1.84. The Morgan fingerprint density at radius 1 is 1.33 bits per heavy atom.